The van der Waals surface area contributed by atoms with Crippen LogP contribution in [-0.4, -0.2) is 68.0 Å². The maximum absolute atomic E-state index is 12.7. The van der Waals surface area contributed by atoms with Crippen LogP contribution in [0.25, 0.3) is 0 Å². The molecule has 1 aromatic carbocycles. The molecule has 4 rings (SSSR count). The lowest BCUT2D eigenvalue weighted by Gasteiger charge is -2.43. The van der Waals surface area contributed by atoms with Crippen molar-refractivity contribution in [2.75, 3.05) is 51.3 Å². The Morgan fingerprint density at radius 1 is 1.04 bits per heavy atom. The number of hydrogen-bond donors (Lipinski definition) is 0. The SMILES string of the molecule is COc1cccc(N2CCN(C(=O)C3CN(C(=O)c4cccs4)C3)CC2)c1. The molecule has 27 heavy (non-hydrogen) atoms. The third-order valence-electron chi connectivity index (χ3n) is 5.26. The molecule has 0 saturated carbocycles. The summed E-state index contributed by atoms with van der Waals surface area (Å²) in [4.78, 5) is 31.7. The molecule has 2 aliphatic heterocycles. The van der Waals surface area contributed by atoms with Crippen molar-refractivity contribution in [3.05, 3.63) is 46.7 Å². The van der Waals surface area contributed by atoms with Gasteiger partial charge in [0, 0.05) is 51.0 Å². The van der Waals surface area contributed by atoms with E-state index in [2.05, 4.69) is 11.0 Å². The minimum Gasteiger partial charge on any atom is -0.497 e. The van der Waals surface area contributed by atoms with Crippen LogP contribution in [0.15, 0.2) is 41.8 Å². The highest BCUT2D eigenvalue weighted by Gasteiger charge is 2.39. The van der Waals surface area contributed by atoms with Gasteiger partial charge in [-0.3, -0.25) is 9.59 Å². The number of amides is 2. The molecular formula is C20H23N3O3S. The average molecular weight is 385 g/mol. The number of carbonyl (C=O) groups excluding carboxylic acids is 2. The molecule has 2 aromatic rings. The van der Waals surface area contributed by atoms with E-state index < -0.39 is 0 Å². The Morgan fingerprint density at radius 2 is 1.81 bits per heavy atom. The Morgan fingerprint density at radius 3 is 2.48 bits per heavy atom. The van der Waals surface area contributed by atoms with E-state index in [1.54, 1.807) is 12.0 Å². The molecule has 2 aliphatic rings. The van der Waals surface area contributed by atoms with Gasteiger partial charge >= 0.3 is 0 Å². The van der Waals surface area contributed by atoms with E-state index >= 15 is 0 Å². The van der Waals surface area contributed by atoms with E-state index in [1.165, 1.54) is 11.3 Å². The number of piperazine rings is 1. The zero-order valence-corrected chi connectivity index (χ0v) is 16.2. The Labute approximate surface area is 162 Å². The van der Waals surface area contributed by atoms with Gasteiger partial charge in [0.1, 0.15) is 5.75 Å². The molecule has 2 fully saturated rings. The van der Waals surface area contributed by atoms with E-state index in [1.807, 2.05) is 40.6 Å². The van der Waals surface area contributed by atoms with E-state index in [9.17, 15) is 9.59 Å². The van der Waals surface area contributed by atoms with Crippen LogP contribution in [-0.2, 0) is 4.79 Å². The highest BCUT2D eigenvalue weighted by molar-refractivity contribution is 7.12. The summed E-state index contributed by atoms with van der Waals surface area (Å²) in [6.07, 6.45) is 0. The Kier molecular flexibility index (Phi) is 5.03. The highest BCUT2D eigenvalue weighted by atomic mass is 32.1. The van der Waals surface area contributed by atoms with Crippen LogP contribution in [0.4, 0.5) is 5.69 Å². The molecule has 0 N–H and O–H groups in total. The van der Waals surface area contributed by atoms with Crippen molar-refractivity contribution >= 4 is 28.8 Å². The van der Waals surface area contributed by atoms with Gasteiger partial charge in [-0.2, -0.15) is 0 Å². The molecule has 0 unspecified atom stereocenters. The zero-order chi connectivity index (χ0) is 18.8. The predicted octanol–water partition coefficient (Wildman–Crippen LogP) is 2.18. The van der Waals surface area contributed by atoms with Crippen LogP contribution < -0.4 is 9.64 Å². The van der Waals surface area contributed by atoms with Crippen LogP contribution in [0, 0.1) is 5.92 Å². The molecule has 0 spiro atoms. The number of anilines is 1. The van der Waals surface area contributed by atoms with Crippen LogP contribution in [0.5, 0.6) is 5.75 Å². The smallest absolute Gasteiger partial charge is 0.263 e. The number of benzene rings is 1. The van der Waals surface area contributed by atoms with Crippen molar-refractivity contribution in [2.24, 2.45) is 5.92 Å². The van der Waals surface area contributed by atoms with Gasteiger partial charge in [0.25, 0.3) is 5.91 Å². The van der Waals surface area contributed by atoms with Gasteiger partial charge < -0.3 is 19.4 Å². The molecule has 2 amide bonds. The molecule has 1 aromatic heterocycles. The molecule has 0 atom stereocenters. The standard InChI is InChI=1S/C20H23N3O3S/c1-26-17-5-2-4-16(12-17)21-7-9-22(10-8-21)19(24)15-13-23(14-15)20(25)18-6-3-11-27-18/h2-6,11-12,15H,7-10,13-14H2,1H3. The van der Waals surface area contributed by atoms with Gasteiger partial charge in [0.2, 0.25) is 5.91 Å². The lowest BCUT2D eigenvalue weighted by Crippen LogP contribution is -2.59. The number of rotatable bonds is 4. The second-order valence-electron chi connectivity index (χ2n) is 6.90. The summed E-state index contributed by atoms with van der Waals surface area (Å²) in [5, 5.41) is 1.90. The third kappa shape index (κ3) is 3.64. The molecule has 142 valence electrons. The van der Waals surface area contributed by atoms with Crippen LogP contribution in [0.3, 0.4) is 0 Å². The van der Waals surface area contributed by atoms with Gasteiger partial charge in [-0.1, -0.05) is 12.1 Å². The molecule has 2 saturated heterocycles. The number of likely N-dealkylation sites (tertiary alicyclic amines) is 1. The minimum atomic E-state index is -0.0581. The van der Waals surface area contributed by atoms with Crippen molar-refractivity contribution < 1.29 is 14.3 Å². The zero-order valence-electron chi connectivity index (χ0n) is 15.3. The largest absolute Gasteiger partial charge is 0.497 e. The lowest BCUT2D eigenvalue weighted by molar-refractivity contribution is -0.140. The lowest BCUT2D eigenvalue weighted by atomic mass is 9.97. The number of carbonyl (C=O) groups is 2. The highest BCUT2D eigenvalue weighted by Crippen LogP contribution is 2.25. The van der Waals surface area contributed by atoms with Crippen molar-refractivity contribution in [1.29, 1.82) is 0 Å². The normalized spacial score (nSPS) is 17.6. The first-order chi connectivity index (χ1) is 13.2. The Balaban J connectivity index is 1.27. The van der Waals surface area contributed by atoms with Crippen LogP contribution in [0.2, 0.25) is 0 Å². The third-order valence-corrected chi connectivity index (χ3v) is 6.12. The maximum atomic E-state index is 12.7. The van der Waals surface area contributed by atoms with Crippen molar-refractivity contribution in [3.8, 4) is 5.75 Å². The summed E-state index contributed by atoms with van der Waals surface area (Å²) >= 11 is 1.45. The summed E-state index contributed by atoms with van der Waals surface area (Å²) in [5.41, 5.74) is 1.12. The summed E-state index contributed by atoms with van der Waals surface area (Å²) in [5.74, 6) is 1.00. The van der Waals surface area contributed by atoms with Gasteiger partial charge in [0.05, 0.1) is 17.9 Å². The van der Waals surface area contributed by atoms with E-state index in [4.69, 9.17) is 4.74 Å². The van der Waals surface area contributed by atoms with Crippen molar-refractivity contribution in [3.63, 3.8) is 0 Å². The second kappa shape index (κ2) is 7.60. The van der Waals surface area contributed by atoms with Crippen LogP contribution in [0.1, 0.15) is 9.67 Å². The summed E-state index contributed by atoms with van der Waals surface area (Å²) < 4.78 is 5.29. The number of thiophene rings is 1. The molecule has 3 heterocycles. The van der Waals surface area contributed by atoms with Crippen molar-refractivity contribution in [1.82, 2.24) is 9.80 Å². The van der Waals surface area contributed by atoms with Crippen molar-refractivity contribution in [2.45, 2.75) is 0 Å². The predicted molar refractivity (Wildman–Crippen MR) is 105 cm³/mol. The molecule has 6 nitrogen and oxygen atoms in total. The fourth-order valence-corrected chi connectivity index (χ4v) is 4.30. The monoisotopic (exact) mass is 385 g/mol. The first-order valence-corrected chi connectivity index (χ1v) is 10.0. The average Bonchev–Trinajstić information content (AvgIpc) is 3.21. The Hall–Kier alpha value is -2.54. The first-order valence-electron chi connectivity index (χ1n) is 9.16. The fourth-order valence-electron chi connectivity index (χ4n) is 3.61. The molecular weight excluding hydrogens is 362 g/mol. The molecule has 7 heteroatoms. The minimum absolute atomic E-state index is 0.0388. The topological polar surface area (TPSA) is 53.1 Å². The van der Waals surface area contributed by atoms with E-state index in [0.29, 0.717) is 26.2 Å². The maximum Gasteiger partial charge on any atom is 0.263 e. The van der Waals surface area contributed by atoms with Gasteiger partial charge in [0.15, 0.2) is 0 Å². The quantitative estimate of drug-likeness (QED) is 0.810. The number of hydrogen-bond acceptors (Lipinski definition) is 5. The summed E-state index contributed by atoms with van der Waals surface area (Å²) in [6, 6.07) is 11.7. The summed E-state index contributed by atoms with van der Waals surface area (Å²) in [6.45, 7) is 4.11. The number of methoxy groups -OCH3 is 1. The molecule has 0 radical (unpaired) electrons. The van der Waals surface area contributed by atoms with Gasteiger partial charge in [-0.25, -0.2) is 0 Å². The Bertz CT molecular complexity index is 810. The number of ether oxygens (including phenoxy) is 1. The van der Waals surface area contributed by atoms with E-state index in [-0.39, 0.29) is 17.7 Å². The van der Waals surface area contributed by atoms with Gasteiger partial charge in [-0.15, -0.1) is 11.3 Å². The molecule has 0 aliphatic carbocycles. The number of nitrogens with zero attached hydrogens (tertiary/aromatic N) is 3. The van der Waals surface area contributed by atoms with E-state index in [0.717, 1.165) is 29.4 Å². The molecule has 0 bridgehead atoms. The summed E-state index contributed by atoms with van der Waals surface area (Å²) in [7, 11) is 1.67. The van der Waals surface area contributed by atoms with Crippen LogP contribution >= 0.6 is 11.3 Å². The fraction of sp³-hybridized carbons (Fsp3) is 0.400. The second-order valence-corrected chi connectivity index (χ2v) is 7.85. The van der Waals surface area contributed by atoms with Gasteiger partial charge in [-0.05, 0) is 23.6 Å². The first kappa shape index (κ1) is 17.9.